The lowest BCUT2D eigenvalue weighted by atomic mass is 9.89. The Bertz CT molecular complexity index is 1250. The van der Waals surface area contributed by atoms with Crippen molar-refractivity contribution in [3.8, 4) is 0 Å². The number of hydrogen-bond acceptors (Lipinski definition) is 5. The molecule has 2 aliphatic carbocycles. The Morgan fingerprint density at radius 1 is 0.884 bits per heavy atom. The standard InChI is InChI=1S/C37H52N2O4/c1-25(2)31(22-26-12-10-9-11-13-26)32-23-33(32)38-29-18-20-30(21-19-29)39(35(41)43-37(6,7)8)24-27-14-16-28(17-15-27)34(40)42-36(3,4)5/h9-17,22,25,29-30,32-33,38H,18-21,23-24H2,1-8H3/t29?,30?,32?,33-/m0/s1. The maximum atomic E-state index is 13.4. The summed E-state index contributed by atoms with van der Waals surface area (Å²) in [6, 6.07) is 19.1. The summed E-state index contributed by atoms with van der Waals surface area (Å²) >= 11 is 0. The highest BCUT2D eigenvalue weighted by Crippen LogP contribution is 2.42. The van der Waals surface area contributed by atoms with E-state index in [2.05, 4.69) is 55.6 Å². The van der Waals surface area contributed by atoms with Gasteiger partial charge in [-0.1, -0.05) is 68.0 Å². The van der Waals surface area contributed by atoms with Crippen molar-refractivity contribution in [1.29, 1.82) is 0 Å². The maximum Gasteiger partial charge on any atom is 0.410 e. The molecule has 0 heterocycles. The van der Waals surface area contributed by atoms with E-state index >= 15 is 0 Å². The predicted octanol–water partition coefficient (Wildman–Crippen LogP) is 8.41. The van der Waals surface area contributed by atoms with E-state index in [1.807, 2.05) is 58.6 Å². The molecule has 0 aliphatic heterocycles. The minimum absolute atomic E-state index is 0.109. The van der Waals surface area contributed by atoms with Gasteiger partial charge < -0.3 is 19.7 Å². The SMILES string of the molecule is CC(C)C(=Cc1ccccc1)C1C[C@@H]1NC1CCC(N(Cc2ccc(C(=O)OC(C)(C)C)cc2)C(=O)OC(C)(C)C)CC1. The fourth-order valence-corrected chi connectivity index (χ4v) is 5.99. The van der Waals surface area contributed by atoms with Crippen molar-refractivity contribution in [1.82, 2.24) is 10.2 Å². The predicted molar refractivity (Wildman–Crippen MR) is 174 cm³/mol. The van der Waals surface area contributed by atoms with Crippen molar-refractivity contribution in [2.75, 3.05) is 0 Å². The number of ether oxygens (including phenoxy) is 2. The first kappa shape index (κ1) is 32.8. The lowest BCUT2D eigenvalue weighted by Gasteiger charge is -2.38. The second kappa shape index (κ2) is 13.7. The van der Waals surface area contributed by atoms with Crippen molar-refractivity contribution < 1.29 is 19.1 Å². The van der Waals surface area contributed by atoms with Crippen LogP contribution in [0, 0.1) is 11.8 Å². The molecule has 2 aromatic rings. The second-order valence-electron chi connectivity index (χ2n) is 14.6. The highest BCUT2D eigenvalue weighted by atomic mass is 16.6. The van der Waals surface area contributed by atoms with Gasteiger partial charge in [0.2, 0.25) is 0 Å². The average molecular weight is 589 g/mol. The van der Waals surface area contributed by atoms with E-state index in [1.54, 1.807) is 12.1 Å². The highest BCUT2D eigenvalue weighted by molar-refractivity contribution is 5.89. The van der Waals surface area contributed by atoms with Crippen molar-refractivity contribution in [2.24, 2.45) is 11.8 Å². The Morgan fingerprint density at radius 2 is 1.49 bits per heavy atom. The molecule has 2 saturated carbocycles. The van der Waals surface area contributed by atoms with E-state index in [9.17, 15) is 9.59 Å². The van der Waals surface area contributed by atoms with Crippen molar-refractivity contribution in [3.63, 3.8) is 0 Å². The van der Waals surface area contributed by atoms with Crippen molar-refractivity contribution in [2.45, 2.75) is 123 Å². The Labute approximate surface area is 259 Å². The van der Waals surface area contributed by atoms with Crippen LogP contribution in [-0.2, 0) is 16.0 Å². The quantitative estimate of drug-likeness (QED) is 0.298. The largest absolute Gasteiger partial charge is 0.456 e. The first-order valence-corrected chi connectivity index (χ1v) is 16.0. The molecule has 234 valence electrons. The molecule has 2 fully saturated rings. The normalized spacial score (nSPS) is 22.7. The van der Waals surface area contributed by atoms with Gasteiger partial charge in [-0.3, -0.25) is 0 Å². The van der Waals surface area contributed by atoms with Gasteiger partial charge in [0.15, 0.2) is 0 Å². The molecule has 0 saturated heterocycles. The fourth-order valence-electron chi connectivity index (χ4n) is 5.99. The monoisotopic (exact) mass is 588 g/mol. The van der Waals surface area contributed by atoms with Crippen LogP contribution in [0.2, 0.25) is 0 Å². The highest BCUT2D eigenvalue weighted by Gasteiger charge is 2.42. The molecule has 1 N–H and O–H groups in total. The number of hydrogen-bond donors (Lipinski definition) is 1. The topological polar surface area (TPSA) is 67.9 Å². The van der Waals surface area contributed by atoms with E-state index in [0.717, 1.165) is 31.2 Å². The number of esters is 1. The molecule has 1 amide bonds. The zero-order chi connectivity index (χ0) is 31.4. The lowest BCUT2D eigenvalue weighted by Crippen LogP contribution is -2.47. The summed E-state index contributed by atoms with van der Waals surface area (Å²) in [6.45, 7) is 16.3. The number of carbonyl (C=O) groups is 2. The van der Waals surface area contributed by atoms with Crippen molar-refractivity contribution in [3.05, 3.63) is 76.9 Å². The summed E-state index contributed by atoms with van der Waals surface area (Å²) in [4.78, 5) is 27.8. The Morgan fingerprint density at radius 3 is 2.05 bits per heavy atom. The lowest BCUT2D eigenvalue weighted by molar-refractivity contribution is 0.00616. The van der Waals surface area contributed by atoms with Crippen LogP contribution in [0.25, 0.3) is 6.08 Å². The molecule has 2 aromatic carbocycles. The molecule has 1 unspecified atom stereocenters. The zero-order valence-electron chi connectivity index (χ0n) is 27.5. The second-order valence-corrected chi connectivity index (χ2v) is 14.6. The molecule has 0 bridgehead atoms. The average Bonchev–Trinajstić information content (AvgIpc) is 3.68. The first-order chi connectivity index (χ1) is 20.2. The van der Waals surface area contributed by atoms with Gasteiger partial charge in [-0.15, -0.1) is 0 Å². The van der Waals surface area contributed by atoms with Crippen LogP contribution in [-0.4, -0.2) is 46.3 Å². The molecule has 0 aromatic heterocycles. The summed E-state index contributed by atoms with van der Waals surface area (Å²) in [5.74, 6) is 0.774. The first-order valence-electron chi connectivity index (χ1n) is 16.0. The van der Waals surface area contributed by atoms with Gasteiger partial charge in [0, 0.05) is 24.7 Å². The number of rotatable bonds is 9. The summed E-state index contributed by atoms with van der Waals surface area (Å²) in [5, 5.41) is 3.95. The van der Waals surface area contributed by atoms with Crippen LogP contribution in [0.15, 0.2) is 60.2 Å². The van der Waals surface area contributed by atoms with Gasteiger partial charge in [-0.2, -0.15) is 0 Å². The molecule has 0 spiro atoms. The molecular weight excluding hydrogens is 536 g/mol. The maximum absolute atomic E-state index is 13.4. The number of amides is 1. The number of benzene rings is 2. The van der Waals surface area contributed by atoms with E-state index in [0.29, 0.717) is 36.0 Å². The Balaban J connectivity index is 1.36. The van der Waals surface area contributed by atoms with E-state index in [1.165, 1.54) is 17.6 Å². The van der Waals surface area contributed by atoms with Gasteiger partial charge in [0.25, 0.3) is 0 Å². The molecule has 0 radical (unpaired) electrons. The Kier molecular flexibility index (Phi) is 10.4. The Hall–Kier alpha value is -3.12. The van der Waals surface area contributed by atoms with Gasteiger partial charge >= 0.3 is 12.1 Å². The van der Waals surface area contributed by atoms with Gasteiger partial charge in [0.1, 0.15) is 11.2 Å². The molecule has 43 heavy (non-hydrogen) atoms. The van der Waals surface area contributed by atoms with Gasteiger partial charge in [-0.25, -0.2) is 9.59 Å². The minimum atomic E-state index is -0.572. The van der Waals surface area contributed by atoms with Crippen LogP contribution >= 0.6 is 0 Å². The fraction of sp³-hybridized carbons (Fsp3) is 0.568. The third-order valence-corrected chi connectivity index (χ3v) is 8.17. The smallest absolute Gasteiger partial charge is 0.410 e. The molecule has 6 nitrogen and oxygen atoms in total. The van der Waals surface area contributed by atoms with E-state index < -0.39 is 11.2 Å². The van der Waals surface area contributed by atoms with E-state index in [-0.39, 0.29) is 18.1 Å². The van der Waals surface area contributed by atoms with Crippen LogP contribution in [0.1, 0.15) is 109 Å². The summed E-state index contributed by atoms with van der Waals surface area (Å²) in [6.07, 6.45) is 7.22. The number of carbonyl (C=O) groups excluding carboxylic acids is 2. The summed E-state index contributed by atoms with van der Waals surface area (Å²) in [7, 11) is 0. The number of nitrogens with zero attached hydrogens (tertiary/aromatic N) is 1. The third kappa shape index (κ3) is 9.96. The van der Waals surface area contributed by atoms with Crippen LogP contribution in [0.4, 0.5) is 4.79 Å². The summed E-state index contributed by atoms with van der Waals surface area (Å²) < 4.78 is 11.3. The minimum Gasteiger partial charge on any atom is -0.456 e. The van der Waals surface area contributed by atoms with E-state index in [4.69, 9.17) is 9.47 Å². The van der Waals surface area contributed by atoms with Crippen LogP contribution in [0.3, 0.4) is 0 Å². The molecular formula is C37H52N2O4. The summed E-state index contributed by atoms with van der Waals surface area (Å²) in [5.41, 5.74) is 3.16. The molecule has 2 atom stereocenters. The third-order valence-electron chi connectivity index (χ3n) is 8.17. The molecule has 4 rings (SSSR count). The van der Waals surface area contributed by atoms with Crippen molar-refractivity contribution >= 4 is 18.1 Å². The van der Waals surface area contributed by atoms with Crippen LogP contribution in [0.5, 0.6) is 0 Å². The van der Waals surface area contributed by atoms with Gasteiger partial charge in [-0.05, 0) is 109 Å². The van der Waals surface area contributed by atoms with Crippen LogP contribution < -0.4 is 5.32 Å². The zero-order valence-corrected chi connectivity index (χ0v) is 27.5. The molecule has 6 heteroatoms. The molecule has 2 aliphatic rings. The van der Waals surface area contributed by atoms with Gasteiger partial charge in [0.05, 0.1) is 5.56 Å². The number of nitrogens with one attached hydrogen (secondary N) is 1.